The van der Waals surface area contributed by atoms with Crippen molar-refractivity contribution in [3.05, 3.63) is 54.3 Å². The summed E-state index contributed by atoms with van der Waals surface area (Å²) in [6, 6.07) is 6.74. The molecular formula is C18H19N5O4. The van der Waals surface area contributed by atoms with Crippen LogP contribution in [0.4, 0.5) is 0 Å². The molecule has 0 aromatic carbocycles. The topological polar surface area (TPSA) is 107 Å². The second-order valence-electron chi connectivity index (χ2n) is 6.05. The highest BCUT2D eigenvalue weighted by Crippen LogP contribution is 2.22. The van der Waals surface area contributed by atoms with Crippen molar-refractivity contribution < 1.29 is 18.5 Å². The first kappa shape index (κ1) is 17.4. The van der Waals surface area contributed by atoms with Crippen molar-refractivity contribution in [2.75, 3.05) is 26.3 Å². The molecule has 0 spiro atoms. The monoisotopic (exact) mass is 369 g/mol. The minimum absolute atomic E-state index is 0.144. The lowest BCUT2D eigenvalue weighted by molar-refractivity contribution is -0.128. The maximum absolute atomic E-state index is 12.9. The van der Waals surface area contributed by atoms with Gasteiger partial charge >= 0.3 is 0 Å². The summed E-state index contributed by atoms with van der Waals surface area (Å²) in [6.07, 6.45) is 4.93. The van der Waals surface area contributed by atoms with Crippen molar-refractivity contribution in [2.24, 2.45) is 0 Å². The first-order valence-electron chi connectivity index (χ1n) is 8.67. The quantitative estimate of drug-likeness (QED) is 0.695. The fourth-order valence-corrected chi connectivity index (χ4v) is 2.99. The molecule has 3 aromatic rings. The third kappa shape index (κ3) is 4.04. The molecular weight excluding hydrogens is 350 g/mol. The highest BCUT2D eigenvalue weighted by molar-refractivity contribution is 5.83. The third-order valence-corrected chi connectivity index (χ3v) is 4.28. The lowest BCUT2D eigenvalue weighted by Gasteiger charge is -2.33. The minimum Gasteiger partial charge on any atom is -0.459 e. The summed E-state index contributed by atoms with van der Waals surface area (Å²) in [4.78, 5) is 23.4. The van der Waals surface area contributed by atoms with Crippen LogP contribution in [0.25, 0.3) is 11.7 Å². The molecule has 0 unspecified atom stereocenters. The average molecular weight is 369 g/mol. The van der Waals surface area contributed by atoms with Crippen LogP contribution in [0, 0.1) is 0 Å². The second kappa shape index (κ2) is 8.11. The van der Waals surface area contributed by atoms with Gasteiger partial charge in [0.1, 0.15) is 6.04 Å². The van der Waals surface area contributed by atoms with E-state index in [0.29, 0.717) is 37.9 Å². The number of pyridine rings is 1. The van der Waals surface area contributed by atoms with Crippen molar-refractivity contribution in [2.45, 2.75) is 12.6 Å². The summed E-state index contributed by atoms with van der Waals surface area (Å²) in [6.45, 7) is 2.71. The number of hydrogen-bond acceptors (Lipinski definition) is 8. The van der Waals surface area contributed by atoms with Crippen LogP contribution >= 0.6 is 0 Å². The van der Waals surface area contributed by atoms with Gasteiger partial charge < -0.3 is 19.0 Å². The van der Waals surface area contributed by atoms with E-state index in [4.69, 9.17) is 13.7 Å². The predicted octanol–water partition coefficient (Wildman–Crippen LogP) is 1.41. The van der Waals surface area contributed by atoms with Crippen LogP contribution in [0.15, 0.2) is 51.9 Å². The van der Waals surface area contributed by atoms with Gasteiger partial charge in [-0.25, -0.2) is 0 Å². The third-order valence-electron chi connectivity index (χ3n) is 4.28. The van der Waals surface area contributed by atoms with Gasteiger partial charge in [0.25, 0.3) is 5.89 Å². The summed E-state index contributed by atoms with van der Waals surface area (Å²) in [5.41, 5.74) is 0.835. The van der Waals surface area contributed by atoms with Crippen molar-refractivity contribution in [1.82, 2.24) is 25.3 Å². The smallest absolute Gasteiger partial charge is 0.293 e. The number of rotatable bonds is 6. The molecule has 27 heavy (non-hydrogen) atoms. The average Bonchev–Trinajstić information content (AvgIpc) is 3.40. The SMILES string of the molecule is O=C(NCc1noc(-c2ccco2)n1)[C@H](c1cccnc1)N1CCOCC1. The van der Waals surface area contributed by atoms with Crippen LogP contribution in [0.1, 0.15) is 17.4 Å². The van der Waals surface area contributed by atoms with Gasteiger partial charge in [-0.05, 0) is 23.8 Å². The zero-order chi connectivity index (χ0) is 18.5. The lowest BCUT2D eigenvalue weighted by Crippen LogP contribution is -2.45. The molecule has 1 N–H and O–H groups in total. The van der Waals surface area contributed by atoms with Crippen LogP contribution in [0.3, 0.4) is 0 Å². The Hall–Kier alpha value is -3.04. The van der Waals surface area contributed by atoms with Gasteiger partial charge in [-0.3, -0.25) is 14.7 Å². The number of aromatic nitrogens is 3. The van der Waals surface area contributed by atoms with Crippen molar-refractivity contribution in [3.8, 4) is 11.7 Å². The van der Waals surface area contributed by atoms with Gasteiger partial charge in [-0.1, -0.05) is 11.2 Å². The fraction of sp³-hybridized carbons (Fsp3) is 0.333. The van der Waals surface area contributed by atoms with Crippen LogP contribution in [0.2, 0.25) is 0 Å². The van der Waals surface area contributed by atoms with E-state index in [1.165, 1.54) is 6.26 Å². The Morgan fingerprint density at radius 2 is 2.15 bits per heavy atom. The molecule has 0 aliphatic carbocycles. The maximum atomic E-state index is 12.9. The maximum Gasteiger partial charge on any atom is 0.293 e. The number of carbonyl (C=O) groups excluding carboxylic acids is 1. The van der Waals surface area contributed by atoms with Gasteiger partial charge in [0, 0.05) is 25.5 Å². The van der Waals surface area contributed by atoms with E-state index in [0.717, 1.165) is 5.56 Å². The highest BCUT2D eigenvalue weighted by Gasteiger charge is 2.29. The van der Waals surface area contributed by atoms with Gasteiger partial charge in [0.2, 0.25) is 5.91 Å². The number of nitrogens with one attached hydrogen (secondary N) is 1. The molecule has 140 valence electrons. The van der Waals surface area contributed by atoms with Gasteiger partial charge in [0.05, 0.1) is 26.0 Å². The zero-order valence-corrected chi connectivity index (χ0v) is 14.6. The molecule has 1 saturated heterocycles. The van der Waals surface area contributed by atoms with E-state index in [1.807, 2.05) is 12.1 Å². The number of hydrogen-bond donors (Lipinski definition) is 1. The summed E-state index contributed by atoms with van der Waals surface area (Å²) in [5.74, 6) is 0.999. The van der Waals surface area contributed by atoms with E-state index in [2.05, 4.69) is 25.3 Å². The zero-order valence-electron chi connectivity index (χ0n) is 14.6. The highest BCUT2D eigenvalue weighted by atomic mass is 16.5. The predicted molar refractivity (Wildman–Crippen MR) is 93.2 cm³/mol. The molecule has 1 fully saturated rings. The Morgan fingerprint density at radius 3 is 2.89 bits per heavy atom. The number of nitrogens with zero attached hydrogens (tertiary/aromatic N) is 4. The Morgan fingerprint density at radius 1 is 1.26 bits per heavy atom. The Balaban J connectivity index is 1.45. The Bertz CT molecular complexity index is 859. The van der Waals surface area contributed by atoms with E-state index in [9.17, 15) is 4.79 Å². The van der Waals surface area contributed by atoms with E-state index < -0.39 is 6.04 Å². The van der Waals surface area contributed by atoms with Gasteiger partial charge in [-0.15, -0.1) is 0 Å². The molecule has 1 aliphatic heterocycles. The molecule has 4 heterocycles. The first-order valence-corrected chi connectivity index (χ1v) is 8.67. The van der Waals surface area contributed by atoms with Crippen LogP contribution in [-0.4, -0.2) is 52.2 Å². The number of furan rings is 1. The van der Waals surface area contributed by atoms with Crippen LogP contribution in [0.5, 0.6) is 0 Å². The first-order chi connectivity index (χ1) is 13.3. The number of ether oxygens (including phenoxy) is 1. The van der Waals surface area contributed by atoms with Crippen molar-refractivity contribution in [3.63, 3.8) is 0 Å². The largest absolute Gasteiger partial charge is 0.459 e. The van der Waals surface area contributed by atoms with Crippen LogP contribution in [-0.2, 0) is 16.1 Å². The molecule has 0 bridgehead atoms. The molecule has 0 saturated carbocycles. The van der Waals surface area contributed by atoms with E-state index in [1.54, 1.807) is 24.5 Å². The molecule has 1 atom stereocenters. The summed E-state index contributed by atoms with van der Waals surface area (Å²) in [7, 11) is 0. The van der Waals surface area contributed by atoms with E-state index >= 15 is 0 Å². The minimum atomic E-state index is -0.445. The normalized spacial score (nSPS) is 16.1. The summed E-state index contributed by atoms with van der Waals surface area (Å²) in [5, 5.41) is 6.77. The number of morpholine rings is 1. The summed E-state index contributed by atoms with van der Waals surface area (Å²) >= 11 is 0. The van der Waals surface area contributed by atoms with Crippen molar-refractivity contribution in [1.29, 1.82) is 0 Å². The molecule has 9 heteroatoms. The van der Waals surface area contributed by atoms with Gasteiger partial charge in [-0.2, -0.15) is 4.98 Å². The molecule has 1 amide bonds. The van der Waals surface area contributed by atoms with Gasteiger partial charge in [0.15, 0.2) is 11.6 Å². The van der Waals surface area contributed by atoms with Crippen molar-refractivity contribution >= 4 is 5.91 Å². The molecule has 9 nitrogen and oxygen atoms in total. The molecule has 0 radical (unpaired) electrons. The van der Waals surface area contributed by atoms with Crippen LogP contribution < -0.4 is 5.32 Å². The number of amides is 1. The number of carbonyl (C=O) groups is 1. The second-order valence-corrected chi connectivity index (χ2v) is 6.05. The molecule has 1 aliphatic rings. The standard InChI is InChI=1S/C18H19N5O4/c24-17(20-12-15-21-18(27-22-15)14-4-2-8-26-14)16(13-3-1-5-19-11-13)23-6-9-25-10-7-23/h1-5,8,11,16H,6-7,9-10,12H2,(H,20,24)/t16-/m0/s1. The summed E-state index contributed by atoms with van der Waals surface area (Å²) < 4.78 is 15.8. The lowest BCUT2D eigenvalue weighted by atomic mass is 10.1. The Kier molecular flexibility index (Phi) is 5.22. The fourth-order valence-electron chi connectivity index (χ4n) is 2.99. The molecule has 4 rings (SSSR count). The molecule has 3 aromatic heterocycles. The Labute approximate surface area is 155 Å². The van der Waals surface area contributed by atoms with E-state index in [-0.39, 0.29) is 18.3 Å².